The molecule has 1 N–H and O–H groups in total. The van der Waals surface area contributed by atoms with Crippen molar-refractivity contribution in [2.24, 2.45) is 0 Å². The summed E-state index contributed by atoms with van der Waals surface area (Å²) in [6.45, 7) is 0.539. The van der Waals surface area contributed by atoms with Crippen molar-refractivity contribution in [2.45, 2.75) is 6.42 Å². The summed E-state index contributed by atoms with van der Waals surface area (Å²) in [5.74, 6) is 0. The van der Waals surface area contributed by atoms with Crippen LogP contribution in [0.25, 0.3) is 0 Å². The highest BCUT2D eigenvalue weighted by atomic mass is 79.9. The summed E-state index contributed by atoms with van der Waals surface area (Å²) in [7, 11) is 0. The van der Waals surface area contributed by atoms with Crippen LogP contribution in [0.5, 0.6) is 0 Å². The molecule has 5 heteroatoms. The number of nitrogens with one attached hydrogen (secondary N) is 1. The fourth-order valence-electron chi connectivity index (χ4n) is 0.954. The van der Waals surface area contributed by atoms with Gasteiger partial charge in [0.2, 0.25) is 0 Å². The van der Waals surface area contributed by atoms with Gasteiger partial charge in [0.05, 0.1) is 28.2 Å². The van der Waals surface area contributed by atoms with Gasteiger partial charge in [0, 0.05) is 11.0 Å². The highest BCUT2D eigenvalue weighted by molar-refractivity contribution is 9.10. The van der Waals surface area contributed by atoms with Crippen molar-refractivity contribution < 1.29 is 0 Å². The summed E-state index contributed by atoms with van der Waals surface area (Å²) < 4.78 is 0.832. The maximum atomic E-state index is 8.36. The summed E-state index contributed by atoms with van der Waals surface area (Å²) in [5.41, 5.74) is 0.673. The van der Waals surface area contributed by atoms with E-state index >= 15 is 0 Å². The summed E-state index contributed by atoms with van der Waals surface area (Å²) in [6.07, 6.45) is 0.419. The lowest BCUT2D eigenvalue weighted by molar-refractivity contribution is 1.08. The maximum absolute atomic E-state index is 8.36. The number of rotatable bonds is 3. The zero-order valence-electron chi connectivity index (χ0n) is 7.15. The molecule has 14 heavy (non-hydrogen) atoms. The van der Waals surface area contributed by atoms with E-state index in [1.165, 1.54) is 0 Å². The first-order chi connectivity index (χ1) is 6.65. The van der Waals surface area contributed by atoms with Crippen molar-refractivity contribution in [3.05, 3.63) is 26.7 Å². The van der Waals surface area contributed by atoms with Crippen molar-refractivity contribution in [1.82, 2.24) is 0 Å². The van der Waals surface area contributed by atoms with Gasteiger partial charge in [-0.2, -0.15) is 5.26 Å². The summed E-state index contributed by atoms with van der Waals surface area (Å²) in [6, 6.07) is 5.53. The number of hydrogen-bond donors (Lipinski definition) is 1. The van der Waals surface area contributed by atoms with Crippen molar-refractivity contribution in [2.75, 3.05) is 11.9 Å². The minimum absolute atomic E-state index is 0.419. The lowest BCUT2D eigenvalue weighted by atomic mass is 10.3. The zero-order chi connectivity index (χ0) is 10.6. The largest absolute Gasteiger partial charge is 0.382 e. The Morgan fingerprint density at radius 2 is 1.93 bits per heavy atom. The second-order valence-corrected chi connectivity index (χ2v) is 4.31. The summed E-state index contributed by atoms with van der Waals surface area (Å²) in [5, 5.41) is 12.5. The molecule has 0 atom stereocenters. The van der Waals surface area contributed by atoms with Gasteiger partial charge in [0.25, 0.3) is 0 Å². The smallest absolute Gasteiger partial charge is 0.0720 e. The van der Waals surface area contributed by atoms with E-state index in [1.807, 2.05) is 6.07 Å². The standard InChI is InChI=1S/C9H7BrCl2N2/c10-6-4-7(11)9(8(12)5-6)14-3-1-2-13/h4-5,14H,1,3H2. The van der Waals surface area contributed by atoms with Gasteiger partial charge in [-0.25, -0.2) is 0 Å². The highest BCUT2D eigenvalue weighted by Crippen LogP contribution is 2.33. The average molecular weight is 294 g/mol. The molecule has 2 nitrogen and oxygen atoms in total. The van der Waals surface area contributed by atoms with E-state index in [0.29, 0.717) is 28.7 Å². The third kappa shape index (κ3) is 3.06. The van der Waals surface area contributed by atoms with E-state index in [0.717, 1.165) is 4.47 Å². The minimum atomic E-state index is 0.419. The van der Waals surface area contributed by atoms with Crippen LogP contribution in [-0.2, 0) is 0 Å². The molecule has 0 aliphatic heterocycles. The van der Waals surface area contributed by atoms with Gasteiger partial charge < -0.3 is 5.32 Å². The van der Waals surface area contributed by atoms with Crippen LogP contribution in [-0.4, -0.2) is 6.54 Å². The topological polar surface area (TPSA) is 35.8 Å². The molecule has 0 unspecified atom stereocenters. The fourth-order valence-corrected chi connectivity index (χ4v) is 2.30. The van der Waals surface area contributed by atoms with E-state index in [1.54, 1.807) is 12.1 Å². The van der Waals surface area contributed by atoms with Crippen molar-refractivity contribution in [3.63, 3.8) is 0 Å². The highest BCUT2D eigenvalue weighted by Gasteiger charge is 2.06. The van der Waals surface area contributed by atoms with Crippen LogP contribution in [0, 0.1) is 11.3 Å². The van der Waals surface area contributed by atoms with Gasteiger partial charge in [0.1, 0.15) is 0 Å². The van der Waals surface area contributed by atoms with Crippen LogP contribution < -0.4 is 5.32 Å². The van der Waals surface area contributed by atoms with E-state index in [-0.39, 0.29) is 0 Å². The Bertz CT molecular complexity index is 351. The predicted molar refractivity (Wildman–Crippen MR) is 62.9 cm³/mol. The lowest BCUT2D eigenvalue weighted by Crippen LogP contribution is -2.01. The molecule has 0 aliphatic carbocycles. The Balaban J connectivity index is 2.81. The Morgan fingerprint density at radius 3 is 2.43 bits per heavy atom. The Morgan fingerprint density at radius 1 is 1.36 bits per heavy atom. The second kappa shape index (κ2) is 5.45. The normalized spacial score (nSPS) is 9.57. The van der Waals surface area contributed by atoms with Crippen LogP contribution in [0.4, 0.5) is 5.69 Å². The molecular formula is C9H7BrCl2N2. The van der Waals surface area contributed by atoms with Gasteiger partial charge in [-0.15, -0.1) is 0 Å². The number of halogens is 3. The summed E-state index contributed by atoms with van der Waals surface area (Å²) in [4.78, 5) is 0. The van der Waals surface area contributed by atoms with Crippen molar-refractivity contribution in [1.29, 1.82) is 5.26 Å². The molecule has 1 aromatic carbocycles. The van der Waals surface area contributed by atoms with Crippen molar-refractivity contribution in [3.8, 4) is 6.07 Å². The molecule has 0 saturated heterocycles. The van der Waals surface area contributed by atoms with Gasteiger partial charge >= 0.3 is 0 Å². The Kier molecular flexibility index (Phi) is 4.53. The fraction of sp³-hybridized carbons (Fsp3) is 0.222. The Labute approximate surface area is 101 Å². The number of benzene rings is 1. The quantitative estimate of drug-likeness (QED) is 0.852. The molecule has 0 saturated carbocycles. The van der Waals surface area contributed by atoms with Crippen LogP contribution in [0.2, 0.25) is 10.0 Å². The van der Waals surface area contributed by atoms with Gasteiger partial charge in [-0.3, -0.25) is 0 Å². The molecule has 74 valence electrons. The Hall–Kier alpha value is -0.430. The third-order valence-corrected chi connectivity index (χ3v) is 2.60. The third-order valence-electron chi connectivity index (χ3n) is 1.55. The molecular weight excluding hydrogens is 287 g/mol. The van der Waals surface area contributed by atoms with Crippen LogP contribution in [0.15, 0.2) is 16.6 Å². The molecule has 0 radical (unpaired) electrons. The van der Waals surface area contributed by atoms with Gasteiger partial charge in [-0.1, -0.05) is 39.1 Å². The van der Waals surface area contributed by atoms with Gasteiger partial charge in [-0.05, 0) is 12.1 Å². The first-order valence-corrected chi connectivity index (χ1v) is 5.45. The van der Waals surface area contributed by atoms with E-state index < -0.39 is 0 Å². The van der Waals surface area contributed by atoms with E-state index in [2.05, 4.69) is 21.2 Å². The second-order valence-electron chi connectivity index (χ2n) is 2.58. The molecule has 0 spiro atoms. The first-order valence-electron chi connectivity index (χ1n) is 3.90. The average Bonchev–Trinajstić information content (AvgIpc) is 2.09. The molecule has 1 aromatic rings. The van der Waals surface area contributed by atoms with Crippen LogP contribution in [0.3, 0.4) is 0 Å². The first kappa shape index (κ1) is 11.6. The zero-order valence-corrected chi connectivity index (χ0v) is 10.2. The van der Waals surface area contributed by atoms with Gasteiger partial charge in [0.15, 0.2) is 0 Å². The van der Waals surface area contributed by atoms with E-state index in [4.69, 9.17) is 28.5 Å². The number of hydrogen-bond acceptors (Lipinski definition) is 2. The van der Waals surface area contributed by atoms with Crippen LogP contribution >= 0.6 is 39.1 Å². The molecule has 1 rings (SSSR count). The lowest BCUT2D eigenvalue weighted by Gasteiger charge is -2.09. The molecule has 0 amide bonds. The number of anilines is 1. The monoisotopic (exact) mass is 292 g/mol. The molecule has 0 aliphatic rings. The predicted octanol–water partition coefficient (Wildman–Crippen LogP) is 4.08. The van der Waals surface area contributed by atoms with E-state index in [9.17, 15) is 0 Å². The SMILES string of the molecule is N#CCCNc1c(Cl)cc(Br)cc1Cl. The molecule has 0 aromatic heterocycles. The maximum Gasteiger partial charge on any atom is 0.0720 e. The number of nitriles is 1. The number of nitrogens with zero attached hydrogens (tertiary/aromatic N) is 1. The molecule has 0 fully saturated rings. The summed E-state index contributed by atoms with van der Waals surface area (Å²) >= 11 is 15.2. The van der Waals surface area contributed by atoms with Crippen LogP contribution in [0.1, 0.15) is 6.42 Å². The minimum Gasteiger partial charge on any atom is -0.382 e. The molecule has 0 heterocycles. The molecule has 0 bridgehead atoms. The van der Waals surface area contributed by atoms with Crippen molar-refractivity contribution >= 4 is 44.8 Å².